The number of H-pyrrole nitrogens is 1. The van der Waals surface area contributed by atoms with E-state index < -0.39 is 11.9 Å². The summed E-state index contributed by atoms with van der Waals surface area (Å²) < 4.78 is 38.7. The minimum absolute atomic E-state index is 0.0362. The number of benzene rings is 1. The van der Waals surface area contributed by atoms with Gasteiger partial charge in [0.2, 0.25) is 0 Å². The predicted molar refractivity (Wildman–Crippen MR) is 89.1 cm³/mol. The van der Waals surface area contributed by atoms with Crippen LogP contribution in [0, 0.1) is 0 Å². The lowest BCUT2D eigenvalue weighted by Gasteiger charge is -2.25. The Balaban J connectivity index is 2.21. The van der Waals surface area contributed by atoms with E-state index >= 15 is 0 Å². The number of fused-ring (bicyclic) bond motifs is 1. The van der Waals surface area contributed by atoms with E-state index in [1.807, 2.05) is 6.07 Å². The molecule has 0 saturated carbocycles. The van der Waals surface area contributed by atoms with E-state index in [4.69, 9.17) is 0 Å². The highest BCUT2D eigenvalue weighted by molar-refractivity contribution is 5.69. The molecule has 1 N–H and O–H groups in total. The zero-order chi connectivity index (χ0) is 17.9. The van der Waals surface area contributed by atoms with Crippen molar-refractivity contribution in [3.8, 4) is 11.3 Å². The Hall–Kier alpha value is -1.78. The van der Waals surface area contributed by atoms with Crippen LogP contribution >= 0.6 is 0 Å². The molecule has 1 aliphatic carbocycles. The zero-order valence-electron chi connectivity index (χ0n) is 14.7. The molecule has 0 amide bonds. The van der Waals surface area contributed by atoms with Crippen LogP contribution in [0.3, 0.4) is 0 Å². The molecule has 0 radical (unpaired) electrons. The molecular formula is C19H23F3N2. The van der Waals surface area contributed by atoms with Crippen molar-refractivity contribution in [2.24, 2.45) is 0 Å². The summed E-state index contributed by atoms with van der Waals surface area (Å²) in [5.41, 5.74) is 3.86. The molecule has 3 rings (SSSR count). The molecule has 0 atom stereocenters. The largest absolute Gasteiger partial charge is 0.432 e. The smallest absolute Gasteiger partial charge is 0.273 e. The van der Waals surface area contributed by atoms with Crippen molar-refractivity contribution >= 4 is 0 Å². The zero-order valence-corrected chi connectivity index (χ0v) is 14.7. The van der Waals surface area contributed by atoms with Gasteiger partial charge in [0, 0.05) is 5.56 Å². The van der Waals surface area contributed by atoms with E-state index in [0.29, 0.717) is 5.69 Å². The summed E-state index contributed by atoms with van der Waals surface area (Å²) in [6, 6.07) is 5.35. The van der Waals surface area contributed by atoms with Crippen molar-refractivity contribution in [1.29, 1.82) is 0 Å². The van der Waals surface area contributed by atoms with Crippen LogP contribution in [0.25, 0.3) is 11.3 Å². The monoisotopic (exact) mass is 336 g/mol. The summed E-state index contributed by atoms with van der Waals surface area (Å²) >= 11 is 0. The normalized spacial score (nSPS) is 17.2. The Labute approximate surface area is 140 Å². The molecule has 5 heteroatoms. The highest BCUT2D eigenvalue weighted by Gasteiger charge is 2.36. The van der Waals surface area contributed by atoms with E-state index in [2.05, 4.69) is 50.9 Å². The van der Waals surface area contributed by atoms with E-state index in [1.54, 1.807) is 0 Å². The Morgan fingerprint density at radius 3 is 2.29 bits per heavy atom. The second-order valence-corrected chi connectivity index (χ2v) is 8.35. The Bertz CT molecular complexity index is 777. The van der Waals surface area contributed by atoms with Crippen molar-refractivity contribution < 1.29 is 13.2 Å². The fourth-order valence-electron chi connectivity index (χ4n) is 3.38. The van der Waals surface area contributed by atoms with Gasteiger partial charge in [0.05, 0.1) is 5.69 Å². The van der Waals surface area contributed by atoms with Gasteiger partial charge in [-0.3, -0.25) is 5.10 Å². The molecule has 0 fully saturated rings. The number of hydrogen-bond acceptors (Lipinski definition) is 1. The van der Waals surface area contributed by atoms with Gasteiger partial charge in [-0.25, -0.2) is 0 Å². The van der Waals surface area contributed by atoms with Crippen LogP contribution < -0.4 is 0 Å². The molecule has 1 aromatic heterocycles. The van der Waals surface area contributed by atoms with Crippen molar-refractivity contribution in [2.45, 2.75) is 64.5 Å². The summed E-state index contributed by atoms with van der Waals surface area (Å²) in [6.07, 6.45) is -2.54. The first-order valence-electron chi connectivity index (χ1n) is 8.20. The second-order valence-electron chi connectivity index (χ2n) is 8.35. The molecule has 2 nitrogen and oxygen atoms in total. The van der Waals surface area contributed by atoms with Crippen LogP contribution in [0.1, 0.15) is 63.4 Å². The van der Waals surface area contributed by atoms with Gasteiger partial charge >= 0.3 is 6.18 Å². The van der Waals surface area contributed by atoms with Gasteiger partial charge in [0.15, 0.2) is 0 Å². The molecule has 0 bridgehead atoms. The van der Waals surface area contributed by atoms with Crippen LogP contribution in [0.5, 0.6) is 0 Å². The number of halogens is 3. The summed E-state index contributed by atoms with van der Waals surface area (Å²) in [6.45, 7) is 10.7. The Morgan fingerprint density at radius 1 is 1.08 bits per heavy atom. The van der Waals surface area contributed by atoms with Crippen molar-refractivity contribution in [3.63, 3.8) is 0 Å². The summed E-state index contributed by atoms with van der Waals surface area (Å²) in [4.78, 5) is 0. The number of hydrogen-bond donors (Lipinski definition) is 1. The maximum atomic E-state index is 12.9. The number of nitrogens with one attached hydrogen (secondary N) is 1. The predicted octanol–water partition coefficient (Wildman–Crippen LogP) is 5.62. The fourth-order valence-corrected chi connectivity index (χ4v) is 3.38. The molecule has 24 heavy (non-hydrogen) atoms. The molecule has 1 heterocycles. The molecule has 0 saturated heterocycles. The van der Waals surface area contributed by atoms with E-state index in [9.17, 15) is 13.2 Å². The van der Waals surface area contributed by atoms with Gasteiger partial charge in [0.25, 0.3) is 0 Å². The van der Waals surface area contributed by atoms with Gasteiger partial charge in [-0.2, -0.15) is 18.3 Å². The van der Waals surface area contributed by atoms with Crippen molar-refractivity contribution in [3.05, 3.63) is 40.6 Å². The van der Waals surface area contributed by atoms with Crippen molar-refractivity contribution in [2.75, 3.05) is 0 Å². The first kappa shape index (κ1) is 17.1. The molecule has 0 aliphatic heterocycles. The van der Waals surface area contributed by atoms with E-state index in [0.717, 1.165) is 35.6 Å². The third kappa shape index (κ3) is 2.85. The molecule has 1 aromatic carbocycles. The second kappa shape index (κ2) is 5.11. The van der Waals surface area contributed by atoms with Gasteiger partial charge in [-0.05, 0) is 52.5 Å². The molecular weight excluding hydrogens is 313 g/mol. The highest BCUT2D eigenvalue weighted by atomic mass is 19.4. The number of nitrogens with zero attached hydrogens (tertiary/aromatic N) is 1. The molecule has 0 spiro atoms. The number of alkyl halides is 3. The van der Waals surface area contributed by atoms with Gasteiger partial charge in [-0.15, -0.1) is 0 Å². The Morgan fingerprint density at radius 2 is 1.75 bits per heavy atom. The SMILES string of the molecule is CC(C)(C)c1cc(-c2cc(C(F)(F)F)[nH]n2)c2c(c1)C(C)(C)CC2. The number of aromatic amines is 1. The van der Waals surface area contributed by atoms with Gasteiger partial charge in [-0.1, -0.05) is 40.7 Å². The quantitative estimate of drug-likeness (QED) is 0.720. The van der Waals surface area contributed by atoms with Crippen LogP contribution in [0.15, 0.2) is 18.2 Å². The molecule has 1 aliphatic rings. The number of rotatable bonds is 1. The molecule has 130 valence electrons. The molecule has 2 aromatic rings. The maximum absolute atomic E-state index is 12.9. The average molecular weight is 336 g/mol. The van der Waals surface area contributed by atoms with Crippen LogP contribution in [-0.4, -0.2) is 10.2 Å². The molecule has 0 unspecified atom stereocenters. The van der Waals surface area contributed by atoms with Crippen molar-refractivity contribution in [1.82, 2.24) is 10.2 Å². The lowest BCUT2D eigenvalue weighted by atomic mass is 9.79. The van der Waals surface area contributed by atoms with Gasteiger partial charge in [0.1, 0.15) is 5.69 Å². The van der Waals surface area contributed by atoms with E-state index in [1.165, 1.54) is 5.56 Å². The third-order valence-corrected chi connectivity index (χ3v) is 5.00. The lowest BCUT2D eigenvalue weighted by molar-refractivity contribution is -0.141. The third-order valence-electron chi connectivity index (χ3n) is 5.00. The maximum Gasteiger partial charge on any atom is 0.432 e. The highest BCUT2D eigenvalue weighted by Crippen LogP contribution is 2.45. The minimum atomic E-state index is -4.41. The van der Waals surface area contributed by atoms with E-state index in [-0.39, 0.29) is 10.8 Å². The average Bonchev–Trinajstić information content (AvgIpc) is 3.02. The van der Waals surface area contributed by atoms with Gasteiger partial charge < -0.3 is 0 Å². The summed E-state index contributed by atoms with van der Waals surface area (Å²) in [5.74, 6) is 0. The lowest BCUT2D eigenvalue weighted by Crippen LogP contribution is -2.16. The standard InChI is InChI=1S/C19H23F3N2/c1-17(2,3)11-8-13(12-6-7-18(4,5)14(12)9-11)15-10-16(24-23-15)19(20,21)22/h8-10H,6-7H2,1-5H3,(H,23,24). The fraction of sp³-hybridized carbons (Fsp3) is 0.526. The Kier molecular flexibility index (Phi) is 3.63. The minimum Gasteiger partial charge on any atom is -0.273 e. The summed E-state index contributed by atoms with van der Waals surface area (Å²) in [5, 5.41) is 6.10. The van der Waals surface area contributed by atoms with Crippen LogP contribution in [0.2, 0.25) is 0 Å². The first-order chi connectivity index (χ1) is 10.9. The van der Waals surface area contributed by atoms with Crippen LogP contribution in [-0.2, 0) is 23.4 Å². The topological polar surface area (TPSA) is 28.7 Å². The van der Waals surface area contributed by atoms with Crippen LogP contribution in [0.4, 0.5) is 13.2 Å². The number of aromatic nitrogens is 2. The first-order valence-corrected chi connectivity index (χ1v) is 8.20. The summed E-state index contributed by atoms with van der Waals surface area (Å²) in [7, 11) is 0.